The number of hydrogen-bond acceptors (Lipinski definition) is 4. The molecule has 122 valence electrons. The third kappa shape index (κ3) is 3.57. The minimum atomic E-state index is -0.477. The highest BCUT2D eigenvalue weighted by molar-refractivity contribution is 7.71. The van der Waals surface area contributed by atoms with E-state index in [-0.39, 0.29) is 10.3 Å². The zero-order valence-electron chi connectivity index (χ0n) is 12.7. The van der Waals surface area contributed by atoms with Gasteiger partial charge in [-0.2, -0.15) is 0 Å². The topological polar surface area (TPSA) is 62.7 Å². The molecule has 0 saturated carbocycles. The van der Waals surface area contributed by atoms with Crippen LogP contribution < -0.4 is 5.32 Å². The second-order valence-electron chi connectivity index (χ2n) is 5.17. The normalized spacial score (nSPS) is 10.5. The molecule has 24 heavy (non-hydrogen) atoms. The van der Waals surface area contributed by atoms with Crippen LogP contribution in [0, 0.1) is 10.6 Å². The van der Waals surface area contributed by atoms with E-state index in [0.29, 0.717) is 12.5 Å². The molecule has 0 fully saturated rings. The van der Waals surface area contributed by atoms with Crippen molar-refractivity contribution in [2.75, 3.05) is 11.9 Å². The SMILES string of the molecule is O=C(c1cccc(F)c1)n1c(NCCc2ccccc2)n[nH]c1=S. The Bertz CT molecular complexity index is 904. The van der Waals surface area contributed by atoms with Gasteiger partial charge >= 0.3 is 0 Å². The summed E-state index contributed by atoms with van der Waals surface area (Å²) in [6, 6.07) is 15.4. The Morgan fingerprint density at radius 2 is 2.00 bits per heavy atom. The van der Waals surface area contributed by atoms with E-state index in [1.807, 2.05) is 30.3 Å². The molecule has 0 aliphatic rings. The van der Waals surface area contributed by atoms with Crippen molar-refractivity contribution in [3.63, 3.8) is 0 Å². The predicted octanol–water partition coefficient (Wildman–Crippen LogP) is 3.42. The molecular formula is C17H15FN4OS. The summed E-state index contributed by atoms with van der Waals surface area (Å²) in [4.78, 5) is 12.6. The van der Waals surface area contributed by atoms with Gasteiger partial charge in [0.1, 0.15) is 5.82 Å². The van der Waals surface area contributed by atoms with E-state index in [0.717, 1.165) is 6.42 Å². The van der Waals surface area contributed by atoms with Crippen molar-refractivity contribution in [1.82, 2.24) is 14.8 Å². The quantitative estimate of drug-likeness (QED) is 0.698. The fourth-order valence-electron chi connectivity index (χ4n) is 2.32. The predicted molar refractivity (Wildman–Crippen MR) is 92.2 cm³/mol. The van der Waals surface area contributed by atoms with Crippen LogP contribution in [0.15, 0.2) is 54.6 Å². The lowest BCUT2D eigenvalue weighted by Gasteiger charge is -2.08. The van der Waals surface area contributed by atoms with Crippen LogP contribution in [0.5, 0.6) is 0 Å². The molecule has 5 nitrogen and oxygen atoms in total. The number of nitrogens with zero attached hydrogens (tertiary/aromatic N) is 2. The van der Waals surface area contributed by atoms with Gasteiger partial charge in [0.25, 0.3) is 5.91 Å². The number of benzene rings is 2. The summed E-state index contributed by atoms with van der Waals surface area (Å²) in [7, 11) is 0. The Kier molecular flexibility index (Phi) is 4.81. The average Bonchev–Trinajstić information content (AvgIpc) is 2.96. The van der Waals surface area contributed by atoms with Gasteiger partial charge in [0.05, 0.1) is 0 Å². The maximum atomic E-state index is 13.3. The number of nitrogens with one attached hydrogen (secondary N) is 2. The number of rotatable bonds is 5. The van der Waals surface area contributed by atoms with Gasteiger partial charge in [0.2, 0.25) is 10.7 Å². The molecule has 0 atom stereocenters. The molecule has 2 aromatic carbocycles. The highest BCUT2D eigenvalue weighted by atomic mass is 32.1. The van der Waals surface area contributed by atoms with Gasteiger partial charge in [0.15, 0.2) is 0 Å². The molecule has 0 aliphatic heterocycles. The van der Waals surface area contributed by atoms with E-state index in [2.05, 4.69) is 15.5 Å². The minimum absolute atomic E-state index is 0.159. The first-order chi connectivity index (χ1) is 11.6. The van der Waals surface area contributed by atoms with E-state index >= 15 is 0 Å². The number of carbonyl (C=O) groups excluding carboxylic acids is 1. The van der Waals surface area contributed by atoms with Crippen LogP contribution in [-0.2, 0) is 6.42 Å². The molecule has 0 spiro atoms. The smallest absolute Gasteiger partial charge is 0.267 e. The van der Waals surface area contributed by atoms with Gasteiger partial charge in [-0.3, -0.25) is 4.79 Å². The molecule has 3 rings (SSSR count). The summed E-state index contributed by atoms with van der Waals surface area (Å²) in [5.41, 5.74) is 1.38. The fraction of sp³-hybridized carbons (Fsp3) is 0.118. The summed E-state index contributed by atoms with van der Waals surface area (Å²) >= 11 is 5.12. The third-order valence-electron chi connectivity index (χ3n) is 3.49. The lowest BCUT2D eigenvalue weighted by molar-refractivity contribution is 0.0960. The van der Waals surface area contributed by atoms with E-state index in [1.54, 1.807) is 0 Å². The van der Waals surface area contributed by atoms with Crippen molar-refractivity contribution in [3.05, 3.63) is 76.3 Å². The monoisotopic (exact) mass is 342 g/mol. The van der Waals surface area contributed by atoms with Crippen molar-refractivity contribution in [2.45, 2.75) is 6.42 Å². The molecule has 7 heteroatoms. The summed E-state index contributed by atoms with van der Waals surface area (Å²) in [5.74, 6) is -0.602. The number of aromatic nitrogens is 3. The number of anilines is 1. The van der Waals surface area contributed by atoms with Crippen LogP contribution in [0.4, 0.5) is 10.3 Å². The number of aromatic amines is 1. The Morgan fingerprint density at radius 1 is 1.21 bits per heavy atom. The zero-order chi connectivity index (χ0) is 16.9. The van der Waals surface area contributed by atoms with Crippen molar-refractivity contribution < 1.29 is 9.18 Å². The molecule has 0 unspecified atom stereocenters. The maximum Gasteiger partial charge on any atom is 0.267 e. The highest BCUT2D eigenvalue weighted by Gasteiger charge is 2.16. The van der Waals surface area contributed by atoms with Crippen LogP contribution in [0.1, 0.15) is 15.9 Å². The van der Waals surface area contributed by atoms with Gasteiger partial charge in [0, 0.05) is 12.1 Å². The van der Waals surface area contributed by atoms with E-state index in [1.165, 1.54) is 34.4 Å². The van der Waals surface area contributed by atoms with Crippen LogP contribution in [0.3, 0.4) is 0 Å². The summed E-state index contributed by atoms with van der Waals surface area (Å²) in [5, 5.41) is 9.71. The molecule has 3 aromatic rings. The lowest BCUT2D eigenvalue weighted by atomic mass is 10.1. The number of H-pyrrole nitrogens is 1. The Hall–Kier alpha value is -2.80. The number of halogens is 1. The van der Waals surface area contributed by atoms with E-state index < -0.39 is 11.7 Å². The first-order valence-corrected chi connectivity index (χ1v) is 7.81. The molecule has 0 aliphatic carbocycles. The zero-order valence-corrected chi connectivity index (χ0v) is 13.5. The molecule has 1 aromatic heterocycles. The van der Waals surface area contributed by atoms with Crippen LogP contribution in [0.25, 0.3) is 0 Å². The molecule has 2 N–H and O–H groups in total. The Morgan fingerprint density at radius 3 is 2.75 bits per heavy atom. The number of hydrogen-bond donors (Lipinski definition) is 2. The van der Waals surface area contributed by atoms with Gasteiger partial charge < -0.3 is 5.32 Å². The first-order valence-electron chi connectivity index (χ1n) is 7.40. The Labute approximate surface area is 143 Å². The first kappa shape index (κ1) is 16.1. The van der Waals surface area contributed by atoms with Gasteiger partial charge in [-0.05, 0) is 42.4 Å². The van der Waals surface area contributed by atoms with Crippen molar-refractivity contribution in [3.8, 4) is 0 Å². The summed E-state index contributed by atoms with van der Waals surface area (Å²) < 4.78 is 14.7. The van der Waals surface area contributed by atoms with E-state index in [9.17, 15) is 9.18 Å². The van der Waals surface area contributed by atoms with Crippen molar-refractivity contribution in [1.29, 1.82) is 0 Å². The van der Waals surface area contributed by atoms with Gasteiger partial charge in [-0.25, -0.2) is 14.1 Å². The summed E-state index contributed by atoms with van der Waals surface area (Å²) in [6.45, 7) is 0.583. The van der Waals surface area contributed by atoms with Crippen molar-refractivity contribution >= 4 is 24.1 Å². The fourth-order valence-corrected chi connectivity index (χ4v) is 2.53. The molecule has 0 radical (unpaired) electrons. The third-order valence-corrected chi connectivity index (χ3v) is 3.76. The van der Waals surface area contributed by atoms with Gasteiger partial charge in [-0.1, -0.05) is 36.4 Å². The lowest BCUT2D eigenvalue weighted by Crippen LogP contribution is -2.17. The molecule has 0 amide bonds. The standard InChI is InChI=1S/C17H15FN4OS/c18-14-8-4-7-13(11-14)15(23)22-16(20-21-17(22)24)19-10-9-12-5-2-1-3-6-12/h1-8,11H,9-10H2,(H,19,20)(H,21,24). The Balaban J connectivity index is 1.76. The molecular weight excluding hydrogens is 327 g/mol. The van der Waals surface area contributed by atoms with Crippen LogP contribution >= 0.6 is 12.2 Å². The summed E-state index contributed by atoms with van der Waals surface area (Å²) in [6.07, 6.45) is 0.772. The van der Waals surface area contributed by atoms with Gasteiger partial charge in [-0.15, -0.1) is 5.10 Å². The number of carbonyl (C=O) groups is 1. The minimum Gasteiger partial charge on any atom is -0.354 e. The highest BCUT2D eigenvalue weighted by Crippen LogP contribution is 2.11. The second kappa shape index (κ2) is 7.18. The largest absolute Gasteiger partial charge is 0.354 e. The van der Waals surface area contributed by atoms with Crippen LogP contribution in [0.2, 0.25) is 0 Å². The van der Waals surface area contributed by atoms with E-state index in [4.69, 9.17) is 12.2 Å². The molecule has 0 saturated heterocycles. The van der Waals surface area contributed by atoms with Crippen LogP contribution in [-0.4, -0.2) is 27.2 Å². The van der Waals surface area contributed by atoms with Crippen molar-refractivity contribution in [2.24, 2.45) is 0 Å². The maximum absolute atomic E-state index is 13.3. The molecule has 0 bridgehead atoms. The second-order valence-corrected chi connectivity index (χ2v) is 5.55. The average molecular weight is 342 g/mol. The molecule has 1 heterocycles.